The standard InChI is InChI=1S/C24H27NO5/c1-4-28-22(24(27)30-6-3)20-16-25(21-14-10-9-13-19(20)21)15-17-11-7-8-12-18(17)23(26)29-5-2/h7-14,16,22H,4-6,15H2,1-3H3. The van der Waals surface area contributed by atoms with Crippen molar-refractivity contribution >= 4 is 22.8 Å². The van der Waals surface area contributed by atoms with Gasteiger partial charge in [0.05, 0.1) is 18.8 Å². The first-order valence-corrected chi connectivity index (χ1v) is 10.2. The third-order valence-electron chi connectivity index (χ3n) is 4.79. The van der Waals surface area contributed by atoms with Gasteiger partial charge in [-0.05, 0) is 38.5 Å². The fourth-order valence-corrected chi connectivity index (χ4v) is 3.53. The first-order chi connectivity index (χ1) is 14.6. The van der Waals surface area contributed by atoms with Gasteiger partial charge in [-0.15, -0.1) is 0 Å². The minimum atomic E-state index is -0.804. The first kappa shape index (κ1) is 21.6. The van der Waals surface area contributed by atoms with E-state index in [-0.39, 0.29) is 12.6 Å². The van der Waals surface area contributed by atoms with Gasteiger partial charge in [0.15, 0.2) is 6.10 Å². The molecule has 0 aliphatic rings. The Hall–Kier alpha value is -3.12. The van der Waals surface area contributed by atoms with Crippen LogP contribution in [0.25, 0.3) is 10.9 Å². The van der Waals surface area contributed by atoms with Crippen molar-refractivity contribution in [3.63, 3.8) is 0 Å². The van der Waals surface area contributed by atoms with Crippen LogP contribution in [0.5, 0.6) is 0 Å². The zero-order valence-corrected chi connectivity index (χ0v) is 17.6. The number of aromatic nitrogens is 1. The van der Waals surface area contributed by atoms with Gasteiger partial charge >= 0.3 is 11.9 Å². The Morgan fingerprint density at radius 2 is 1.60 bits per heavy atom. The van der Waals surface area contributed by atoms with Crippen LogP contribution in [0.2, 0.25) is 0 Å². The highest BCUT2D eigenvalue weighted by Gasteiger charge is 2.26. The molecule has 6 nitrogen and oxygen atoms in total. The fraction of sp³-hybridized carbons (Fsp3) is 0.333. The molecule has 1 aromatic heterocycles. The molecule has 0 spiro atoms. The van der Waals surface area contributed by atoms with Crippen LogP contribution in [-0.2, 0) is 25.5 Å². The van der Waals surface area contributed by atoms with Crippen molar-refractivity contribution in [3.05, 3.63) is 71.4 Å². The molecule has 0 aliphatic carbocycles. The smallest absolute Gasteiger partial charge is 0.340 e. The molecular weight excluding hydrogens is 382 g/mol. The molecule has 1 atom stereocenters. The number of hydrogen-bond acceptors (Lipinski definition) is 5. The molecule has 30 heavy (non-hydrogen) atoms. The molecule has 1 unspecified atom stereocenters. The van der Waals surface area contributed by atoms with Crippen molar-refractivity contribution in [1.82, 2.24) is 4.57 Å². The summed E-state index contributed by atoms with van der Waals surface area (Å²) in [7, 11) is 0. The van der Waals surface area contributed by atoms with Gasteiger partial charge in [0.2, 0.25) is 0 Å². The average molecular weight is 409 g/mol. The molecule has 3 aromatic rings. The number of rotatable bonds is 9. The summed E-state index contributed by atoms with van der Waals surface area (Å²) in [6.07, 6.45) is 1.10. The predicted molar refractivity (Wildman–Crippen MR) is 114 cm³/mol. The minimum Gasteiger partial charge on any atom is -0.464 e. The average Bonchev–Trinajstić information content (AvgIpc) is 3.11. The molecule has 6 heteroatoms. The molecule has 2 aromatic carbocycles. The Morgan fingerprint density at radius 1 is 0.900 bits per heavy atom. The molecule has 0 fully saturated rings. The lowest BCUT2D eigenvalue weighted by Gasteiger charge is -2.15. The van der Waals surface area contributed by atoms with Gasteiger partial charge < -0.3 is 18.8 Å². The minimum absolute atomic E-state index is 0.286. The summed E-state index contributed by atoms with van der Waals surface area (Å²) in [5.41, 5.74) is 3.07. The molecule has 0 aliphatic heterocycles. The van der Waals surface area contributed by atoms with Crippen molar-refractivity contribution < 1.29 is 23.8 Å². The molecule has 0 saturated carbocycles. The summed E-state index contributed by atoms with van der Waals surface area (Å²) in [5, 5.41) is 0.914. The second-order valence-electron chi connectivity index (χ2n) is 6.69. The highest BCUT2D eigenvalue weighted by molar-refractivity contribution is 5.92. The van der Waals surface area contributed by atoms with Crippen molar-refractivity contribution in [2.45, 2.75) is 33.4 Å². The number of ether oxygens (including phenoxy) is 3. The molecule has 1 heterocycles. The quantitative estimate of drug-likeness (QED) is 0.487. The highest BCUT2D eigenvalue weighted by Crippen LogP contribution is 2.30. The van der Waals surface area contributed by atoms with E-state index in [2.05, 4.69) is 0 Å². The number of carbonyl (C=O) groups is 2. The lowest BCUT2D eigenvalue weighted by molar-refractivity contribution is -0.156. The molecule has 0 amide bonds. The van der Waals surface area contributed by atoms with E-state index in [1.54, 1.807) is 19.9 Å². The Labute approximate surface area is 176 Å². The summed E-state index contributed by atoms with van der Waals surface area (Å²) >= 11 is 0. The highest BCUT2D eigenvalue weighted by atomic mass is 16.6. The van der Waals surface area contributed by atoms with Crippen molar-refractivity contribution in [1.29, 1.82) is 0 Å². The zero-order valence-electron chi connectivity index (χ0n) is 17.6. The summed E-state index contributed by atoms with van der Waals surface area (Å²) in [4.78, 5) is 24.9. The van der Waals surface area contributed by atoms with Gasteiger partial charge in [-0.25, -0.2) is 9.59 Å². The Morgan fingerprint density at radius 3 is 2.33 bits per heavy atom. The number of esters is 2. The summed E-state index contributed by atoms with van der Waals surface area (Å²) in [6.45, 7) is 6.85. The third kappa shape index (κ3) is 4.54. The first-order valence-electron chi connectivity index (χ1n) is 10.2. The zero-order chi connectivity index (χ0) is 21.5. The van der Waals surface area contributed by atoms with E-state index >= 15 is 0 Å². The SMILES string of the molecule is CCOC(=O)c1ccccc1Cn1cc(C(OCC)C(=O)OCC)c2ccccc21. The second kappa shape index (κ2) is 10.1. The van der Waals surface area contributed by atoms with Crippen LogP contribution in [0, 0.1) is 0 Å². The fourth-order valence-electron chi connectivity index (χ4n) is 3.53. The van der Waals surface area contributed by atoms with Gasteiger partial charge in [-0.1, -0.05) is 36.4 Å². The molecule has 0 radical (unpaired) electrons. The number of fused-ring (bicyclic) bond motifs is 1. The van der Waals surface area contributed by atoms with Crippen LogP contribution in [-0.4, -0.2) is 36.3 Å². The normalized spacial score (nSPS) is 12.0. The lowest BCUT2D eigenvalue weighted by Crippen LogP contribution is -2.19. The summed E-state index contributed by atoms with van der Waals surface area (Å²) < 4.78 is 18.2. The van der Waals surface area contributed by atoms with Crippen molar-refractivity contribution in [3.8, 4) is 0 Å². The summed E-state index contributed by atoms with van der Waals surface area (Å²) in [5.74, 6) is -0.752. The van der Waals surface area contributed by atoms with Crippen LogP contribution < -0.4 is 0 Å². The van der Waals surface area contributed by atoms with Crippen LogP contribution in [0.15, 0.2) is 54.7 Å². The molecular formula is C24H27NO5. The molecule has 0 N–H and O–H groups in total. The van der Waals surface area contributed by atoms with Gasteiger partial charge in [-0.2, -0.15) is 0 Å². The van der Waals surface area contributed by atoms with E-state index in [0.29, 0.717) is 25.3 Å². The molecule has 0 bridgehead atoms. The largest absolute Gasteiger partial charge is 0.464 e. The summed E-state index contributed by atoms with van der Waals surface area (Å²) in [6, 6.07) is 15.2. The van der Waals surface area contributed by atoms with Gasteiger partial charge in [0.25, 0.3) is 0 Å². The van der Waals surface area contributed by atoms with Crippen LogP contribution in [0.4, 0.5) is 0 Å². The van der Waals surface area contributed by atoms with E-state index < -0.39 is 12.1 Å². The third-order valence-corrected chi connectivity index (χ3v) is 4.79. The Balaban J connectivity index is 2.05. The van der Waals surface area contributed by atoms with E-state index in [1.165, 1.54) is 0 Å². The number of benzene rings is 2. The van der Waals surface area contributed by atoms with E-state index in [9.17, 15) is 9.59 Å². The van der Waals surface area contributed by atoms with Crippen LogP contribution in [0.3, 0.4) is 0 Å². The van der Waals surface area contributed by atoms with Gasteiger partial charge in [-0.3, -0.25) is 0 Å². The number of hydrogen-bond donors (Lipinski definition) is 0. The van der Waals surface area contributed by atoms with Gasteiger partial charge in [0, 0.05) is 35.8 Å². The maximum Gasteiger partial charge on any atom is 0.340 e. The lowest BCUT2D eigenvalue weighted by atomic mass is 10.1. The Kier molecular flexibility index (Phi) is 7.25. The van der Waals surface area contributed by atoms with Crippen molar-refractivity contribution in [2.75, 3.05) is 19.8 Å². The number of nitrogens with zero attached hydrogens (tertiary/aromatic N) is 1. The molecule has 0 saturated heterocycles. The van der Waals surface area contributed by atoms with E-state index in [0.717, 1.165) is 22.0 Å². The molecule has 3 rings (SSSR count). The maximum absolute atomic E-state index is 12.5. The topological polar surface area (TPSA) is 66.8 Å². The molecule has 158 valence electrons. The van der Waals surface area contributed by atoms with E-state index in [1.807, 2.05) is 60.2 Å². The predicted octanol–water partition coefficient (Wildman–Crippen LogP) is 4.51. The van der Waals surface area contributed by atoms with Gasteiger partial charge in [0.1, 0.15) is 0 Å². The van der Waals surface area contributed by atoms with Crippen molar-refractivity contribution in [2.24, 2.45) is 0 Å². The monoisotopic (exact) mass is 409 g/mol. The van der Waals surface area contributed by atoms with Crippen LogP contribution in [0.1, 0.15) is 48.4 Å². The van der Waals surface area contributed by atoms with E-state index in [4.69, 9.17) is 14.2 Å². The number of para-hydroxylation sites is 1. The van der Waals surface area contributed by atoms with Crippen LogP contribution >= 0.6 is 0 Å². The maximum atomic E-state index is 12.5. The Bertz CT molecular complexity index is 1020. The number of carbonyl (C=O) groups excluding carboxylic acids is 2. The second-order valence-corrected chi connectivity index (χ2v) is 6.69.